The zero-order valence-electron chi connectivity index (χ0n) is 38.6. The van der Waals surface area contributed by atoms with Crippen molar-refractivity contribution >= 4 is 28.9 Å². The highest BCUT2D eigenvalue weighted by atomic mass is 16.5. The Labute approximate surface area is 370 Å². The van der Waals surface area contributed by atoms with Crippen molar-refractivity contribution in [1.82, 2.24) is 0 Å². The first kappa shape index (κ1) is 52.0. The van der Waals surface area contributed by atoms with Crippen molar-refractivity contribution in [2.75, 3.05) is 20.8 Å². The standard InChI is InChI=1S/C14H18O.C12H16O.C10H12O2.2C9H10O2/c1-11(15)12-7-9-14(10-8-12)13-5-3-2-4-6-13;1-9(13)10-5-7-11(8-6-10)12(2,3)4;1-3-12-10-6-4-9(5-7-10)8(2)11;1-7(10)8-3-5-9(11-2)6-4-8;1-7(10)8-4-3-5-9(6-8)11-2/h7-10,13H,2-6H2,1H3;5-8H,1-4H3;4-7H,3H2,1-2H3;2*3-6H,1-2H3. The lowest BCUT2D eigenvalue weighted by Gasteiger charge is -2.21. The van der Waals surface area contributed by atoms with Crippen molar-refractivity contribution in [3.05, 3.63) is 160 Å². The number of ether oxygens (including phenoxy) is 3. The van der Waals surface area contributed by atoms with E-state index in [4.69, 9.17) is 14.2 Å². The van der Waals surface area contributed by atoms with E-state index in [2.05, 4.69) is 32.9 Å². The van der Waals surface area contributed by atoms with E-state index in [1.54, 1.807) is 109 Å². The summed E-state index contributed by atoms with van der Waals surface area (Å²) in [5, 5.41) is 0. The van der Waals surface area contributed by atoms with Crippen LogP contribution in [0.4, 0.5) is 0 Å². The van der Waals surface area contributed by atoms with Gasteiger partial charge < -0.3 is 14.2 Å². The highest BCUT2D eigenvalue weighted by Crippen LogP contribution is 2.32. The van der Waals surface area contributed by atoms with E-state index in [0.29, 0.717) is 17.7 Å². The van der Waals surface area contributed by atoms with Gasteiger partial charge in [0.15, 0.2) is 28.9 Å². The maximum absolute atomic E-state index is 11.1. The monoisotopic (exact) mass is 842 g/mol. The second kappa shape index (κ2) is 26.9. The van der Waals surface area contributed by atoms with Gasteiger partial charge in [0, 0.05) is 27.8 Å². The van der Waals surface area contributed by atoms with E-state index in [-0.39, 0.29) is 34.3 Å². The lowest BCUT2D eigenvalue weighted by Crippen LogP contribution is -2.10. The molecule has 0 aliphatic heterocycles. The van der Waals surface area contributed by atoms with Crippen LogP contribution in [0.25, 0.3) is 0 Å². The average molecular weight is 843 g/mol. The second-order valence-electron chi connectivity index (χ2n) is 16.0. The van der Waals surface area contributed by atoms with Gasteiger partial charge in [-0.3, -0.25) is 24.0 Å². The summed E-state index contributed by atoms with van der Waals surface area (Å²) in [5.41, 5.74) is 6.57. The van der Waals surface area contributed by atoms with Crippen molar-refractivity contribution in [2.45, 2.75) is 106 Å². The Morgan fingerprint density at radius 2 is 0.871 bits per heavy atom. The van der Waals surface area contributed by atoms with Crippen LogP contribution in [-0.4, -0.2) is 49.7 Å². The van der Waals surface area contributed by atoms with Crippen LogP contribution >= 0.6 is 0 Å². The fourth-order valence-electron chi connectivity index (χ4n) is 6.25. The topological polar surface area (TPSA) is 113 Å². The minimum atomic E-state index is 0.0592. The Morgan fingerprint density at radius 3 is 1.24 bits per heavy atom. The van der Waals surface area contributed by atoms with Gasteiger partial charge >= 0.3 is 0 Å². The van der Waals surface area contributed by atoms with Gasteiger partial charge in [0.25, 0.3) is 0 Å². The second-order valence-corrected chi connectivity index (χ2v) is 16.0. The maximum Gasteiger partial charge on any atom is 0.159 e. The smallest absolute Gasteiger partial charge is 0.159 e. The predicted octanol–water partition coefficient (Wildman–Crippen LogP) is 13.2. The summed E-state index contributed by atoms with van der Waals surface area (Å²) in [6.07, 6.45) is 6.75. The molecule has 1 aliphatic rings. The number of carbonyl (C=O) groups excluding carboxylic acids is 5. The number of benzene rings is 5. The van der Waals surface area contributed by atoms with Gasteiger partial charge in [-0.15, -0.1) is 0 Å². The van der Waals surface area contributed by atoms with Crippen molar-refractivity contribution in [3.63, 3.8) is 0 Å². The van der Waals surface area contributed by atoms with Gasteiger partial charge in [-0.1, -0.05) is 101 Å². The summed E-state index contributed by atoms with van der Waals surface area (Å²) < 4.78 is 15.1. The molecule has 0 N–H and O–H groups in total. The third kappa shape index (κ3) is 19.1. The van der Waals surface area contributed by atoms with Crippen molar-refractivity contribution < 1.29 is 38.2 Å². The van der Waals surface area contributed by atoms with Crippen LogP contribution in [0.5, 0.6) is 17.2 Å². The van der Waals surface area contributed by atoms with Gasteiger partial charge in [0.05, 0.1) is 20.8 Å². The molecule has 0 unspecified atom stereocenters. The number of carbonyl (C=O) groups is 5. The molecule has 5 aromatic carbocycles. The first-order valence-electron chi connectivity index (χ1n) is 21.2. The number of ketones is 5. The number of hydrogen-bond donors (Lipinski definition) is 0. The van der Waals surface area contributed by atoms with E-state index in [0.717, 1.165) is 39.9 Å². The Hall–Kier alpha value is -6.15. The Bertz CT molecular complexity index is 2140. The van der Waals surface area contributed by atoms with E-state index in [1.807, 2.05) is 49.4 Å². The van der Waals surface area contributed by atoms with E-state index in [9.17, 15) is 24.0 Å². The lowest BCUT2D eigenvalue weighted by atomic mass is 9.84. The molecular formula is C54H66O8. The molecule has 62 heavy (non-hydrogen) atoms. The van der Waals surface area contributed by atoms with Crippen LogP contribution in [0.15, 0.2) is 121 Å². The quantitative estimate of drug-likeness (QED) is 0.128. The molecular weight excluding hydrogens is 777 g/mol. The summed E-state index contributed by atoms with van der Waals surface area (Å²) >= 11 is 0. The summed E-state index contributed by atoms with van der Waals surface area (Å²) in [4.78, 5) is 54.7. The van der Waals surface area contributed by atoms with Crippen LogP contribution in [0.1, 0.15) is 163 Å². The highest BCUT2D eigenvalue weighted by molar-refractivity contribution is 5.96. The van der Waals surface area contributed by atoms with Crippen LogP contribution < -0.4 is 14.2 Å². The van der Waals surface area contributed by atoms with Crippen LogP contribution in [0.3, 0.4) is 0 Å². The van der Waals surface area contributed by atoms with Gasteiger partial charge in [-0.25, -0.2) is 0 Å². The highest BCUT2D eigenvalue weighted by Gasteiger charge is 2.15. The first-order chi connectivity index (χ1) is 29.4. The van der Waals surface area contributed by atoms with E-state index >= 15 is 0 Å². The fraction of sp³-hybridized carbons (Fsp3) is 0.352. The minimum Gasteiger partial charge on any atom is -0.497 e. The molecule has 6 rings (SSSR count). The minimum absolute atomic E-state index is 0.0592. The zero-order valence-corrected chi connectivity index (χ0v) is 38.6. The van der Waals surface area contributed by atoms with Crippen LogP contribution in [-0.2, 0) is 5.41 Å². The van der Waals surface area contributed by atoms with Crippen molar-refractivity contribution in [3.8, 4) is 17.2 Å². The van der Waals surface area contributed by atoms with Crippen molar-refractivity contribution in [1.29, 1.82) is 0 Å². The predicted molar refractivity (Wildman–Crippen MR) is 251 cm³/mol. The SMILES string of the molecule is CC(=O)c1ccc(C(C)(C)C)cc1.CC(=O)c1ccc(C2CCCCC2)cc1.CCOc1ccc(C(C)=O)cc1.COc1ccc(C(C)=O)cc1.COc1cccc(C(C)=O)c1. The molecule has 8 heteroatoms. The Morgan fingerprint density at radius 1 is 0.484 bits per heavy atom. The molecule has 0 radical (unpaired) electrons. The summed E-state index contributed by atoms with van der Waals surface area (Å²) in [7, 11) is 3.18. The number of methoxy groups -OCH3 is 2. The molecule has 0 spiro atoms. The van der Waals surface area contributed by atoms with E-state index in [1.165, 1.54) is 50.2 Å². The van der Waals surface area contributed by atoms with Gasteiger partial charge in [-0.05, 0) is 138 Å². The van der Waals surface area contributed by atoms with Gasteiger partial charge in [0.1, 0.15) is 17.2 Å². The summed E-state index contributed by atoms with van der Waals surface area (Å²) in [6.45, 7) is 16.9. The number of Topliss-reactive ketones (excluding diaryl/α,β-unsaturated/α-hetero) is 5. The lowest BCUT2D eigenvalue weighted by molar-refractivity contribution is 0.100. The van der Waals surface area contributed by atoms with E-state index < -0.39 is 0 Å². The third-order valence-electron chi connectivity index (χ3n) is 10.1. The molecule has 1 saturated carbocycles. The summed E-state index contributed by atoms with van der Waals surface area (Å²) in [6, 6.07) is 37.3. The van der Waals surface area contributed by atoms with Gasteiger partial charge in [-0.2, -0.15) is 0 Å². The fourth-order valence-corrected chi connectivity index (χ4v) is 6.25. The normalized spacial score (nSPS) is 11.8. The van der Waals surface area contributed by atoms with Crippen LogP contribution in [0, 0.1) is 0 Å². The molecule has 0 amide bonds. The molecule has 0 heterocycles. The Kier molecular flexibility index (Phi) is 22.6. The molecule has 0 bridgehead atoms. The molecule has 1 aliphatic carbocycles. The summed E-state index contributed by atoms with van der Waals surface area (Å²) in [5.74, 6) is 3.54. The molecule has 5 aromatic rings. The third-order valence-corrected chi connectivity index (χ3v) is 10.1. The first-order valence-corrected chi connectivity index (χ1v) is 21.2. The Balaban J connectivity index is 0.000000268. The van der Waals surface area contributed by atoms with Crippen molar-refractivity contribution in [2.24, 2.45) is 0 Å². The number of hydrogen-bond acceptors (Lipinski definition) is 8. The molecule has 0 saturated heterocycles. The molecule has 330 valence electrons. The maximum atomic E-state index is 11.1. The average Bonchev–Trinajstić information content (AvgIpc) is 3.27. The van der Waals surface area contributed by atoms with Crippen LogP contribution in [0.2, 0.25) is 0 Å². The molecule has 0 aromatic heterocycles. The molecule has 8 nitrogen and oxygen atoms in total. The van der Waals surface area contributed by atoms with Gasteiger partial charge in [0.2, 0.25) is 0 Å². The zero-order chi connectivity index (χ0) is 46.2. The largest absolute Gasteiger partial charge is 0.497 e. The number of rotatable bonds is 10. The molecule has 0 atom stereocenters. The molecule has 1 fully saturated rings.